The lowest BCUT2D eigenvalue weighted by Gasteiger charge is -2.10. The molecule has 0 unspecified atom stereocenters. The van der Waals surface area contributed by atoms with Crippen LogP contribution in [0.15, 0.2) is 42.7 Å². The maximum atomic E-state index is 10.6. The summed E-state index contributed by atoms with van der Waals surface area (Å²) in [7, 11) is 0. The van der Waals surface area contributed by atoms with Crippen LogP contribution < -0.4 is 4.74 Å². The molecule has 1 heterocycles. The average Bonchev–Trinajstić information content (AvgIpc) is 2.44. The van der Waals surface area contributed by atoms with Gasteiger partial charge in [-0.3, -0.25) is 4.98 Å². The lowest BCUT2D eigenvalue weighted by Crippen LogP contribution is -1.98. The largest absolute Gasteiger partial charge is 0.488 e. The molecule has 0 atom stereocenters. The van der Waals surface area contributed by atoms with Gasteiger partial charge in [-0.05, 0) is 43.7 Å². The monoisotopic (exact) mass is 283 g/mol. The van der Waals surface area contributed by atoms with Crippen molar-refractivity contribution in [2.45, 2.75) is 20.5 Å². The van der Waals surface area contributed by atoms with E-state index >= 15 is 0 Å². The van der Waals surface area contributed by atoms with E-state index in [9.17, 15) is 4.79 Å². The highest BCUT2D eigenvalue weighted by Gasteiger charge is 2.03. The summed E-state index contributed by atoms with van der Waals surface area (Å²) in [6.45, 7) is 4.32. The Kier molecular flexibility index (Phi) is 4.72. The minimum absolute atomic E-state index is 0.394. The molecule has 0 aliphatic carbocycles. The number of nitrogens with zero attached hydrogens (tertiary/aromatic N) is 1. The van der Waals surface area contributed by atoms with Gasteiger partial charge < -0.3 is 9.84 Å². The van der Waals surface area contributed by atoms with E-state index in [1.54, 1.807) is 18.5 Å². The van der Waals surface area contributed by atoms with Gasteiger partial charge in [0.1, 0.15) is 12.4 Å². The molecule has 108 valence electrons. The molecule has 4 heteroatoms. The molecule has 0 bridgehead atoms. The van der Waals surface area contributed by atoms with Gasteiger partial charge in [-0.1, -0.05) is 11.6 Å². The number of aryl methyl sites for hydroxylation is 2. The molecule has 21 heavy (non-hydrogen) atoms. The minimum atomic E-state index is -0.981. The van der Waals surface area contributed by atoms with Crippen LogP contribution in [0.4, 0.5) is 0 Å². The molecule has 0 aliphatic rings. The summed E-state index contributed by atoms with van der Waals surface area (Å²) in [5.74, 6) is -0.329. The van der Waals surface area contributed by atoms with Crippen molar-refractivity contribution in [3.63, 3.8) is 0 Å². The van der Waals surface area contributed by atoms with Crippen molar-refractivity contribution in [1.29, 1.82) is 0 Å². The summed E-state index contributed by atoms with van der Waals surface area (Å²) >= 11 is 0. The van der Waals surface area contributed by atoms with Gasteiger partial charge in [0, 0.05) is 29.6 Å². The fourth-order valence-corrected chi connectivity index (χ4v) is 1.95. The van der Waals surface area contributed by atoms with Gasteiger partial charge in [0.15, 0.2) is 0 Å². The Morgan fingerprint density at radius 3 is 2.76 bits per heavy atom. The van der Waals surface area contributed by atoms with Crippen molar-refractivity contribution in [3.8, 4) is 5.75 Å². The number of carboxylic acids is 1. The Balaban J connectivity index is 2.17. The number of hydrogen-bond acceptors (Lipinski definition) is 3. The molecule has 0 fully saturated rings. The smallest absolute Gasteiger partial charge is 0.328 e. The molecule has 0 amide bonds. The van der Waals surface area contributed by atoms with Crippen LogP contribution in [0, 0.1) is 13.8 Å². The van der Waals surface area contributed by atoms with Crippen molar-refractivity contribution in [2.75, 3.05) is 0 Å². The Morgan fingerprint density at radius 2 is 2.05 bits per heavy atom. The van der Waals surface area contributed by atoms with Crippen LogP contribution in [-0.2, 0) is 11.4 Å². The zero-order chi connectivity index (χ0) is 15.2. The van der Waals surface area contributed by atoms with E-state index in [0.717, 1.165) is 28.3 Å². The van der Waals surface area contributed by atoms with E-state index in [2.05, 4.69) is 4.98 Å². The van der Waals surface area contributed by atoms with Crippen LogP contribution in [0.5, 0.6) is 5.75 Å². The molecular weight excluding hydrogens is 266 g/mol. The number of hydrogen-bond donors (Lipinski definition) is 1. The van der Waals surface area contributed by atoms with Crippen LogP contribution in [0.3, 0.4) is 0 Å². The Labute approximate surface area is 123 Å². The summed E-state index contributed by atoms with van der Waals surface area (Å²) in [6, 6.07) is 7.68. The lowest BCUT2D eigenvalue weighted by atomic mass is 10.1. The maximum absolute atomic E-state index is 10.6. The molecule has 1 aromatic carbocycles. The molecule has 1 aromatic heterocycles. The normalized spacial score (nSPS) is 10.8. The van der Waals surface area contributed by atoms with Gasteiger partial charge >= 0.3 is 5.97 Å². The second-order valence-corrected chi connectivity index (χ2v) is 4.87. The number of carboxylic acid groups (broad SMARTS) is 1. The van der Waals surface area contributed by atoms with E-state index in [1.165, 1.54) is 0 Å². The molecule has 0 aliphatic heterocycles. The van der Waals surface area contributed by atoms with Crippen LogP contribution in [-0.4, -0.2) is 16.1 Å². The minimum Gasteiger partial charge on any atom is -0.488 e. The van der Waals surface area contributed by atoms with Crippen molar-refractivity contribution in [1.82, 2.24) is 4.98 Å². The zero-order valence-electron chi connectivity index (χ0n) is 12.0. The second kappa shape index (κ2) is 6.70. The van der Waals surface area contributed by atoms with E-state index in [-0.39, 0.29) is 0 Å². The van der Waals surface area contributed by atoms with Crippen molar-refractivity contribution >= 4 is 12.0 Å². The predicted octanol–water partition coefficient (Wildman–Crippen LogP) is 3.38. The second-order valence-electron chi connectivity index (χ2n) is 4.87. The molecule has 0 saturated carbocycles. The average molecular weight is 283 g/mol. The fraction of sp³-hybridized carbons (Fsp3) is 0.176. The van der Waals surface area contributed by atoms with Crippen molar-refractivity contribution in [2.24, 2.45) is 0 Å². The maximum Gasteiger partial charge on any atom is 0.328 e. The first-order valence-corrected chi connectivity index (χ1v) is 6.59. The zero-order valence-corrected chi connectivity index (χ0v) is 12.0. The number of carbonyl (C=O) groups is 1. The van der Waals surface area contributed by atoms with Gasteiger partial charge in [0.25, 0.3) is 0 Å². The van der Waals surface area contributed by atoms with Crippen molar-refractivity contribution in [3.05, 3.63) is 65.0 Å². The number of aliphatic carboxylic acids is 1. The molecule has 4 nitrogen and oxygen atoms in total. The van der Waals surface area contributed by atoms with Crippen LogP contribution >= 0.6 is 0 Å². The van der Waals surface area contributed by atoms with Gasteiger partial charge in [-0.15, -0.1) is 0 Å². The topological polar surface area (TPSA) is 59.4 Å². The highest BCUT2D eigenvalue weighted by Crippen LogP contribution is 2.22. The first-order chi connectivity index (χ1) is 10.0. The molecule has 0 spiro atoms. The summed E-state index contributed by atoms with van der Waals surface area (Å²) in [5.41, 5.74) is 3.84. The molecular formula is C17H17NO3. The van der Waals surface area contributed by atoms with E-state index < -0.39 is 5.97 Å². The highest BCUT2D eigenvalue weighted by atomic mass is 16.5. The van der Waals surface area contributed by atoms with E-state index in [1.807, 2.05) is 38.1 Å². The standard InChI is InChI=1S/C17H17NO3/c1-12-3-5-16(15(8-12)4-6-17(19)20)21-11-14-7-13(2)9-18-10-14/h3-10H,11H2,1-2H3,(H,19,20)/b6-4+. The van der Waals surface area contributed by atoms with Gasteiger partial charge in [0.05, 0.1) is 0 Å². The first kappa shape index (κ1) is 14.8. The molecule has 2 aromatic rings. The van der Waals surface area contributed by atoms with E-state index in [4.69, 9.17) is 9.84 Å². The molecule has 2 rings (SSSR count). The van der Waals surface area contributed by atoms with Gasteiger partial charge in [-0.2, -0.15) is 0 Å². The summed E-state index contributed by atoms with van der Waals surface area (Å²) in [6.07, 6.45) is 6.19. The van der Waals surface area contributed by atoms with E-state index in [0.29, 0.717) is 12.4 Å². The highest BCUT2D eigenvalue weighted by molar-refractivity contribution is 5.85. The Hall–Kier alpha value is -2.62. The lowest BCUT2D eigenvalue weighted by molar-refractivity contribution is -0.131. The predicted molar refractivity (Wildman–Crippen MR) is 81.2 cm³/mol. The number of pyridine rings is 1. The van der Waals surface area contributed by atoms with Gasteiger partial charge in [0.2, 0.25) is 0 Å². The third-order valence-corrected chi connectivity index (χ3v) is 2.90. The van der Waals surface area contributed by atoms with Crippen LogP contribution in [0.1, 0.15) is 22.3 Å². The quantitative estimate of drug-likeness (QED) is 0.855. The third kappa shape index (κ3) is 4.45. The summed E-state index contributed by atoms with van der Waals surface area (Å²) in [4.78, 5) is 14.8. The number of ether oxygens (including phenoxy) is 1. The summed E-state index contributed by atoms with van der Waals surface area (Å²) in [5, 5.41) is 8.74. The van der Waals surface area contributed by atoms with Gasteiger partial charge in [-0.25, -0.2) is 4.79 Å². The number of benzene rings is 1. The van der Waals surface area contributed by atoms with Crippen molar-refractivity contribution < 1.29 is 14.6 Å². The number of aromatic nitrogens is 1. The van der Waals surface area contributed by atoms with Crippen LogP contribution in [0.2, 0.25) is 0 Å². The fourth-order valence-electron chi connectivity index (χ4n) is 1.95. The molecule has 1 N–H and O–H groups in total. The summed E-state index contributed by atoms with van der Waals surface area (Å²) < 4.78 is 5.78. The Morgan fingerprint density at radius 1 is 1.24 bits per heavy atom. The Bertz CT molecular complexity index is 677. The third-order valence-electron chi connectivity index (χ3n) is 2.90. The first-order valence-electron chi connectivity index (χ1n) is 6.59. The van der Waals surface area contributed by atoms with Crippen LogP contribution in [0.25, 0.3) is 6.08 Å². The number of rotatable bonds is 5. The molecule has 0 saturated heterocycles. The molecule has 0 radical (unpaired) electrons. The SMILES string of the molecule is Cc1cncc(COc2ccc(C)cc2/C=C/C(=O)O)c1.